The number of hydrogen-bond donors (Lipinski definition) is 0. The van der Waals surface area contributed by atoms with Crippen LogP contribution in [0.2, 0.25) is 10.0 Å². The largest absolute Gasteiger partial charge is 0.310 e. The van der Waals surface area contributed by atoms with Crippen molar-refractivity contribution >= 4 is 50.5 Å². The van der Waals surface area contributed by atoms with Crippen molar-refractivity contribution in [3.05, 3.63) is 58.1 Å². The molecular formula is C18H18Cl2N2O3S. The third-order valence-corrected chi connectivity index (χ3v) is 6.36. The Morgan fingerprint density at radius 1 is 1.15 bits per heavy atom. The molecule has 0 aromatic heterocycles. The second kappa shape index (κ2) is 7.10. The highest BCUT2D eigenvalue weighted by Crippen LogP contribution is 2.32. The minimum atomic E-state index is -3.71. The van der Waals surface area contributed by atoms with E-state index in [0.717, 1.165) is 28.2 Å². The molecule has 0 fully saturated rings. The van der Waals surface area contributed by atoms with Crippen molar-refractivity contribution in [1.82, 2.24) is 0 Å². The summed E-state index contributed by atoms with van der Waals surface area (Å²) in [5, 5.41) is 0.542. The summed E-state index contributed by atoms with van der Waals surface area (Å²) in [6.45, 7) is 2.11. The topological polar surface area (TPSA) is 57.7 Å². The van der Waals surface area contributed by atoms with Crippen molar-refractivity contribution in [2.24, 2.45) is 0 Å². The maximum atomic E-state index is 13.1. The van der Waals surface area contributed by atoms with Gasteiger partial charge in [-0.15, -0.1) is 0 Å². The Bertz CT molecular complexity index is 963. The Morgan fingerprint density at radius 2 is 1.85 bits per heavy atom. The lowest BCUT2D eigenvalue weighted by atomic mass is 10.2. The van der Waals surface area contributed by atoms with E-state index in [4.69, 9.17) is 23.2 Å². The van der Waals surface area contributed by atoms with Crippen molar-refractivity contribution in [1.29, 1.82) is 0 Å². The molecule has 3 rings (SSSR count). The zero-order valence-electron chi connectivity index (χ0n) is 14.3. The van der Waals surface area contributed by atoms with Crippen LogP contribution < -0.4 is 9.21 Å². The summed E-state index contributed by atoms with van der Waals surface area (Å²) < 4.78 is 25.9. The van der Waals surface area contributed by atoms with Crippen molar-refractivity contribution in [2.45, 2.75) is 19.4 Å². The van der Waals surface area contributed by atoms with E-state index in [1.165, 1.54) is 18.2 Å². The van der Waals surface area contributed by atoms with Gasteiger partial charge in [-0.1, -0.05) is 41.4 Å². The number of halogens is 2. The average molecular weight is 413 g/mol. The van der Waals surface area contributed by atoms with Crippen LogP contribution >= 0.6 is 23.2 Å². The van der Waals surface area contributed by atoms with Crippen molar-refractivity contribution in [2.75, 3.05) is 22.0 Å². The maximum absolute atomic E-state index is 13.1. The molecule has 0 spiro atoms. The van der Waals surface area contributed by atoms with Gasteiger partial charge in [0.1, 0.15) is 6.04 Å². The molecule has 8 heteroatoms. The fourth-order valence-corrected chi connectivity index (χ4v) is 4.67. The first kappa shape index (κ1) is 19.0. The molecule has 1 aliphatic heterocycles. The number of amides is 1. The zero-order valence-corrected chi connectivity index (χ0v) is 16.6. The number of benzene rings is 2. The normalized spacial score (nSPS) is 14.8. The number of carbonyl (C=O) groups excluding carboxylic acids is 1. The van der Waals surface area contributed by atoms with Gasteiger partial charge >= 0.3 is 0 Å². The summed E-state index contributed by atoms with van der Waals surface area (Å²) in [5.74, 6) is -0.286. The van der Waals surface area contributed by atoms with Gasteiger partial charge < -0.3 is 4.90 Å². The lowest BCUT2D eigenvalue weighted by molar-refractivity contribution is -0.119. The summed E-state index contributed by atoms with van der Waals surface area (Å²) in [6, 6.07) is 11.2. The molecule has 0 unspecified atom stereocenters. The Kier molecular flexibility index (Phi) is 5.19. The number of fused-ring (bicyclic) bond motifs is 1. The van der Waals surface area contributed by atoms with Crippen LogP contribution in [0.3, 0.4) is 0 Å². The van der Waals surface area contributed by atoms with Crippen molar-refractivity contribution in [3.8, 4) is 0 Å². The maximum Gasteiger partial charge on any atom is 0.250 e. The SMILES string of the molecule is C[C@H](C(=O)N1CCc2ccccc21)N(c1ccc(Cl)c(Cl)c1)S(C)(=O)=O. The van der Waals surface area contributed by atoms with Crippen LogP contribution in [0.1, 0.15) is 12.5 Å². The van der Waals surface area contributed by atoms with E-state index < -0.39 is 16.1 Å². The zero-order chi connectivity index (χ0) is 19.1. The quantitative estimate of drug-likeness (QED) is 0.768. The van der Waals surface area contributed by atoms with Crippen LogP contribution in [0.15, 0.2) is 42.5 Å². The Labute approximate surface area is 163 Å². The fourth-order valence-electron chi connectivity index (χ4n) is 3.22. The lowest BCUT2D eigenvalue weighted by Gasteiger charge is -2.31. The lowest BCUT2D eigenvalue weighted by Crippen LogP contribution is -2.49. The summed E-state index contributed by atoms with van der Waals surface area (Å²) in [4.78, 5) is 14.7. The molecule has 5 nitrogen and oxygen atoms in total. The molecular weight excluding hydrogens is 395 g/mol. The molecule has 138 valence electrons. The minimum Gasteiger partial charge on any atom is -0.310 e. The summed E-state index contributed by atoms with van der Waals surface area (Å²) in [5.41, 5.74) is 2.20. The molecule has 1 aliphatic rings. The second-order valence-corrected chi connectivity index (χ2v) is 8.88. The number of anilines is 2. The van der Waals surface area contributed by atoms with Crippen LogP contribution in [0.5, 0.6) is 0 Å². The summed E-state index contributed by atoms with van der Waals surface area (Å²) in [7, 11) is -3.71. The molecule has 1 amide bonds. The summed E-state index contributed by atoms with van der Waals surface area (Å²) >= 11 is 12.0. The van der Waals surface area contributed by atoms with Gasteiger partial charge in [-0.25, -0.2) is 8.42 Å². The van der Waals surface area contributed by atoms with E-state index >= 15 is 0 Å². The molecule has 0 radical (unpaired) electrons. The number of nitrogens with zero attached hydrogens (tertiary/aromatic N) is 2. The second-order valence-electron chi connectivity index (χ2n) is 6.20. The van der Waals surface area contributed by atoms with E-state index in [0.29, 0.717) is 17.3 Å². The Morgan fingerprint density at radius 3 is 2.50 bits per heavy atom. The van der Waals surface area contributed by atoms with E-state index in [-0.39, 0.29) is 10.9 Å². The van der Waals surface area contributed by atoms with Crippen molar-refractivity contribution in [3.63, 3.8) is 0 Å². The monoisotopic (exact) mass is 412 g/mol. The predicted octanol–water partition coefficient (Wildman–Crippen LogP) is 3.74. The first-order valence-corrected chi connectivity index (χ1v) is 10.6. The average Bonchev–Trinajstić information content (AvgIpc) is 3.00. The van der Waals surface area contributed by atoms with Gasteiger partial charge in [-0.2, -0.15) is 0 Å². The van der Waals surface area contributed by atoms with E-state index in [2.05, 4.69) is 0 Å². The van der Waals surface area contributed by atoms with Gasteiger partial charge in [0.05, 0.1) is 22.0 Å². The number of hydrogen-bond acceptors (Lipinski definition) is 3. The number of rotatable bonds is 4. The molecule has 0 saturated heterocycles. The molecule has 1 heterocycles. The molecule has 2 aromatic rings. The van der Waals surface area contributed by atoms with Gasteiger partial charge in [-0.3, -0.25) is 9.10 Å². The van der Waals surface area contributed by atoms with Crippen LogP contribution in [0.25, 0.3) is 0 Å². The van der Waals surface area contributed by atoms with Crippen molar-refractivity contribution < 1.29 is 13.2 Å². The van der Waals surface area contributed by atoms with E-state index in [9.17, 15) is 13.2 Å². The number of para-hydroxylation sites is 1. The minimum absolute atomic E-state index is 0.226. The van der Waals surface area contributed by atoms with Gasteiger partial charge in [0.25, 0.3) is 5.91 Å². The Hall–Kier alpha value is -1.76. The van der Waals surface area contributed by atoms with Crippen LogP contribution in [-0.4, -0.2) is 33.2 Å². The summed E-state index contributed by atoms with van der Waals surface area (Å²) in [6.07, 6.45) is 1.82. The third kappa shape index (κ3) is 3.54. The van der Waals surface area contributed by atoms with E-state index in [1.54, 1.807) is 11.8 Å². The fraction of sp³-hybridized carbons (Fsp3) is 0.278. The Balaban J connectivity index is 1.97. The van der Waals surface area contributed by atoms with Gasteiger partial charge in [0.2, 0.25) is 10.0 Å². The molecule has 1 atom stereocenters. The molecule has 26 heavy (non-hydrogen) atoms. The highest BCUT2D eigenvalue weighted by molar-refractivity contribution is 7.92. The van der Waals surface area contributed by atoms with Crippen LogP contribution in [-0.2, 0) is 21.2 Å². The van der Waals surface area contributed by atoms with Crippen LogP contribution in [0.4, 0.5) is 11.4 Å². The van der Waals surface area contributed by atoms with Gasteiger partial charge in [-0.05, 0) is 43.2 Å². The smallest absolute Gasteiger partial charge is 0.250 e. The molecule has 0 N–H and O–H groups in total. The van der Waals surface area contributed by atoms with Crippen LogP contribution in [0, 0.1) is 0 Å². The molecule has 0 bridgehead atoms. The van der Waals surface area contributed by atoms with Gasteiger partial charge in [0.15, 0.2) is 0 Å². The highest BCUT2D eigenvalue weighted by atomic mass is 35.5. The molecule has 0 saturated carbocycles. The number of carbonyl (C=O) groups is 1. The number of sulfonamides is 1. The molecule has 2 aromatic carbocycles. The predicted molar refractivity (Wildman–Crippen MR) is 106 cm³/mol. The standard InChI is InChI=1S/C18H18Cl2N2O3S/c1-12(18(23)21-10-9-13-5-3-4-6-17(13)21)22(26(2,24)25)14-7-8-15(19)16(20)11-14/h3-8,11-12H,9-10H2,1-2H3/t12-/m1/s1. The third-order valence-electron chi connectivity index (χ3n) is 4.38. The van der Waals surface area contributed by atoms with E-state index in [1.807, 2.05) is 24.3 Å². The molecule has 0 aliphatic carbocycles. The van der Waals surface area contributed by atoms with Gasteiger partial charge in [0, 0.05) is 12.2 Å². The highest BCUT2D eigenvalue weighted by Gasteiger charge is 2.35. The first-order valence-electron chi connectivity index (χ1n) is 8.04. The first-order chi connectivity index (χ1) is 12.2.